The van der Waals surface area contributed by atoms with E-state index in [0.29, 0.717) is 20.4 Å². The van der Waals surface area contributed by atoms with E-state index < -0.39 is 29.1 Å². The summed E-state index contributed by atoms with van der Waals surface area (Å²) in [5.74, 6) is -3.01. The topological polar surface area (TPSA) is 37.4 Å². The average Bonchev–Trinajstić information content (AvgIpc) is 2.97. The zero-order chi connectivity index (χ0) is 22.3. The third-order valence-corrected chi connectivity index (χ3v) is 6.36. The molecule has 2 amide bonds. The van der Waals surface area contributed by atoms with Crippen LogP contribution in [0.4, 0.5) is 14.5 Å². The Bertz CT molecular complexity index is 1250. The summed E-state index contributed by atoms with van der Waals surface area (Å²) < 4.78 is 28.3. The standard InChI is InChI=1S/C24H16ClF2NO2S/c1-13-3-4-15(11-14(13)2)21-22(31-18-8-5-16(25)6-9-18)24(30)28(23(21)29)20-12-17(26)7-10-19(20)27/h3-12H,1-2H3. The molecular formula is C24H16ClF2NO2S. The van der Waals surface area contributed by atoms with Crippen molar-refractivity contribution in [3.05, 3.63) is 98.9 Å². The number of nitrogens with zero attached hydrogens (tertiary/aromatic N) is 1. The smallest absolute Gasteiger partial charge is 0.268 e. The highest BCUT2D eigenvalue weighted by Crippen LogP contribution is 2.42. The number of hydrogen-bond donors (Lipinski definition) is 0. The molecule has 31 heavy (non-hydrogen) atoms. The van der Waals surface area contributed by atoms with E-state index in [0.717, 1.165) is 41.1 Å². The highest BCUT2D eigenvalue weighted by atomic mass is 35.5. The molecule has 0 fully saturated rings. The van der Waals surface area contributed by atoms with Gasteiger partial charge in [0, 0.05) is 16.0 Å². The molecule has 0 bridgehead atoms. The number of carbonyl (C=O) groups is 2. The van der Waals surface area contributed by atoms with Crippen molar-refractivity contribution >= 4 is 46.4 Å². The van der Waals surface area contributed by atoms with Crippen molar-refractivity contribution in [3.8, 4) is 0 Å². The normalized spacial score (nSPS) is 14.0. The number of halogens is 3. The predicted molar refractivity (Wildman–Crippen MR) is 119 cm³/mol. The third kappa shape index (κ3) is 4.01. The van der Waals surface area contributed by atoms with Crippen molar-refractivity contribution < 1.29 is 18.4 Å². The fraction of sp³-hybridized carbons (Fsp3) is 0.0833. The number of amides is 2. The van der Waals surface area contributed by atoms with Crippen molar-refractivity contribution in [2.45, 2.75) is 18.7 Å². The second-order valence-electron chi connectivity index (χ2n) is 7.10. The number of imide groups is 1. The molecule has 0 atom stereocenters. The van der Waals surface area contributed by atoms with Gasteiger partial charge in [-0.15, -0.1) is 0 Å². The summed E-state index contributed by atoms with van der Waals surface area (Å²) in [5, 5.41) is 0.532. The molecule has 1 aliphatic heterocycles. The molecule has 0 N–H and O–H groups in total. The lowest BCUT2D eigenvalue weighted by Crippen LogP contribution is -2.32. The van der Waals surface area contributed by atoms with Crippen LogP contribution in [-0.4, -0.2) is 11.8 Å². The molecule has 3 nitrogen and oxygen atoms in total. The summed E-state index contributed by atoms with van der Waals surface area (Å²) in [6.07, 6.45) is 0. The molecule has 0 radical (unpaired) electrons. The summed E-state index contributed by atoms with van der Waals surface area (Å²) in [7, 11) is 0. The van der Waals surface area contributed by atoms with Gasteiger partial charge in [-0.2, -0.15) is 0 Å². The second kappa shape index (κ2) is 8.29. The van der Waals surface area contributed by atoms with E-state index in [2.05, 4.69) is 0 Å². The fourth-order valence-electron chi connectivity index (χ4n) is 3.25. The number of rotatable bonds is 4. The van der Waals surface area contributed by atoms with Gasteiger partial charge in [-0.25, -0.2) is 13.7 Å². The molecule has 0 aliphatic carbocycles. The maximum absolute atomic E-state index is 14.5. The number of carbonyl (C=O) groups excluding carboxylic acids is 2. The van der Waals surface area contributed by atoms with Crippen LogP contribution in [0.2, 0.25) is 5.02 Å². The van der Waals surface area contributed by atoms with Gasteiger partial charge in [-0.05, 0) is 66.9 Å². The van der Waals surface area contributed by atoms with Crippen LogP contribution in [0.15, 0.2) is 70.5 Å². The van der Waals surface area contributed by atoms with Crippen LogP contribution in [0.3, 0.4) is 0 Å². The molecule has 0 saturated heterocycles. The fourth-order valence-corrected chi connectivity index (χ4v) is 4.37. The van der Waals surface area contributed by atoms with Crippen LogP contribution in [-0.2, 0) is 9.59 Å². The molecule has 4 rings (SSSR count). The molecule has 1 aliphatic rings. The first-order valence-corrected chi connectivity index (χ1v) is 10.5. The zero-order valence-electron chi connectivity index (χ0n) is 16.6. The third-order valence-electron chi connectivity index (χ3n) is 5.02. The molecular weight excluding hydrogens is 440 g/mol. The Balaban J connectivity index is 1.87. The predicted octanol–water partition coefficient (Wildman–Crippen LogP) is 6.31. The maximum atomic E-state index is 14.5. The summed E-state index contributed by atoms with van der Waals surface area (Å²) in [6.45, 7) is 3.84. The Morgan fingerprint density at radius 1 is 0.839 bits per heavy atom. The van der Waals surface area contributed by atoms with Crippen molar-refractivity contribution in [1.82, 2.24) is 0 Å². The minimum atomic E-state index is -0.861. The molecule has 0 unspecified atom stereocenters. The SMILES string of the molecule is Cc1ccc(C2=C(Sc3ccc(Cl)cc3)C(=O)N(c3cc(F)ccc3F)C2=O)cc1C. The van der Waals surface area contributed by atoms with E-state index in [-0.39, 0.29) is 10.5 Å². The van der Waals surface area contributed by atoms with E-state index in [1.807, 2.05) is 26.0 Å². The summed E-state index contributed by atoms with van der Waals surface area (Å²) >= 11 is 7.03. The van der Waals surface area contributed by atoms with E-state index in [9.17, 15) is 18.4 Å². The van der Waals surface area contributed by atoms with Crippen LogP contribution in [0.25, 0.3) is 5.57 Å². The minimum Gasteiger partial charge on any atom is -0.268 e. The number of aryl methyl sites for hydroxylation is 2. The van der Waals surface area contributed by atoms with E-state index >= 15 is 0 Å². The number of thioether (sulfide) groups is 1. The van der Waals surface area contributed by atoms with Crippen molar-refractivity contribution in [2.24, 2.45) is 0 Å². The molecule has 0 spiro atoms. The molecule has 3 aromatic carbocycles. The molecule has 7 heteroatoms. The van der Waals surface area contributed by atoms with Crippen LogP contribution in [0.1, 0.15) is 16.7 Å². The van der Waals surface area contributed by atoms with Crippen LogP contribution >= 0.6 is 23.4 Å². The summed E-state index contributed by atoms with van der Waals surface area (Å²) in [6, 6.07) is 14.9. The van der Waals surface area contributed by atoms with Gasteiger partial charge in [0.05, 0.1) is 16.2 Å². The van der Waals surface area contributed by atoms with Crippen molar-refractivity contribution in [1.29, 1.82) is 0 Å². The van der Waals surface area contributed by atoms with E-state index in [1.165, 1.54) is 0 Å². The van der Waals surface area contributed by atoms with Gasteiger partial charge < -0.3 is 0 Å². The van der Waals surface area contributed by atoms with Crippen molar-refractivity contribution in [3.63, 3.8) is 0 Å². The Kier molecular flexibility index (Phi) is 5.69. The lowest BCUT2D eigenvalue weighted by molar-refractivity contribution is -0.119. The van der Waals surface area contributed by atoms with Gasteiger partial charge in [0.1, 0.15) is 11.6 Å². The van der Waals surface area contributed by atoms with Crippen molar-refractivity contribution in [2.75, 3.05) is 4.90 Å². The van der Waals surface area contributed by atoms with Gasteiger partial charge >= 0.3 is 0 Å². The quantitative estimate of drug-likeness (QED) is 0.432. The first-order valence-electron chi connectivity index (χ1n) is 9.35. The zero-order valence-corrected chi connectivity index (χ0v) is 18.2. The van der Waals surface area contributed by atoms with Gasteiger partial charge in [0.15, 0.2) is 0 Å². The number of hydrogen-bond acceptors (Lipinski definition) is 3. The first kappa shape index (κ1) is 21.3. The number of benzene rings is 3. The lowest BCUT2D eigenvalue weighted by Gasteiger charge is -2.16. The molecule has 0 aromatic heterocycles. The van der Waals surface area contributed by atoms with Gasteiger partial charge in [-0.3, -0.25) is 9.59 Å². The highest BCUT2D eigenvalue weighted by molar-refractivity contribution is 8.04. The van der Waals surface area contributed by atoms with E-state index in [1.54, 1.807) is 30.3 Å². The van der Waals surface area contributed by atoms with Gasteiger partial charge in [0.25, 0.3) is 11.8 Å². The van der Waals surface area contributed by atoms with Crippen LogP contribution < -0.4 is 4.90 Å². The Morgan fingerprint density at radius 2 is 1.55 bits per heavy atom. The Hall–Kier alpha value is -2.96. The van der Waals surface area contributed by atoms with E-state index in [4.69, 9.17) is 11.6 Å². The van der Waals surface area contributed by atoms with Gasteiger partial charge in [0.2, 0.25) is 0 Å². The Morgan fingerprint density at radius 3 is 2.23 bits per heavy atom. The molecule has 0 saturated carbocycles. The summed E-state index contributed by atoms with van der Waals surface area (Å²) in [4.78, 5) is 28.2. The first-order chi connectivity index (χ1) is 14.8. The highest BCUT2D eigenvalue weighted by Gasteiger charge is 2.41. The molecule has 3 aromatic rings. The van der Waals surface area contributed by atoms with Crippen LogP contribution in [0.5, 0.6) is 0 Å². The number of anilines is 1. The Labute approximate surface area is 187 Å². The van der Waals surface area contributed by atoms with Crippen LogP contribution in [0, 0.1) is 25.5 Å². The summed E-state index contributed by atoms with van der Waals surface area (Å²) in [5.41, 5.74) is 2.24. The average molecular weight is 456 g/mol. The molecule has 156 valence electrons. The monoisotopic (exact) mass is 455 g/mol. The maximum Gasteiger partial charge on any atom is 0.273 e. The molecule has 1 heterocycles. The largest absolute Gasteiger partial charge is 0.273 e. The van der Waals surface area contributed by atoms with Gasteiger partial charge in [-0.1, -0.05) is 41.6 Å². The second-order valence-corrected chi connectivity index (χ2v) is 8.62. The minimum absolute atomic E-state index is 0.138. The lowest BCUT2D eigenvalue weighted by atomic mass is 10.0.